The third kappa shape index (κ3) is 5.49. The number of aliphatic hydroxyl groups excluding tert-OH is 1. The summed E-state index contributed by atoms with van der Waals surface area (Å²) in [7, 11) is 0. The molecule has 0 saturated heterocycles. The maximum absolute atomic E-state index is 10.4. The van der Waals surface area contributed by atoms with Crippen LogP contribution in [0.3, 0.4) is 0 Å². The lowest BCUT2D eigenvalue weighted by molar-refractivity contribution is 0.125. The second-order valence-electron chi connectivity index (χ2n) is 7.04. The van der Waals surface area contributed by atoms with E-state index in [2.05, 4.69) is 36.7 Å². The summed E-state index contributed by atoms with van der Waals surface area (Å²) < 4.78 is 7.89. The van der Waals surface area contributed by atoms with Crippen LogP contribution >= 0.6 is 11.8 Å². The van der Waals surface area contributed by atoms with Crippen molar-refractivity contribution in [2.75, 3.05) is 12.4 Å². The van der Waals surface area contributed by atoms with Gasteiger partial charge >= 0.3 is 0 Å². The molecule has 2 aromatic carbocycles. The Labute approximate surface area is 176 Å². The van der Waals surface area contributed by atoms with Crippen LogP contribution in [0, 0.1) is 0 Å². The fourth-order valence-electron chi connectivity index (χ4n) is 2.98. The van der Waals surface area contributed by atoms with Crippen LogP contribution in [0.15, 0.2) is 72.4 Å². The summed E-state index contributed by atoms with van der Waals surface area (Å²) in [6.45, 7) is 8.94. The predicted octanol–water partition coefficient (Wildman–Crippen LogP) is 4.79. The molecule has 0 fully saturated rings. The minimum Gasteiger partial charge on any atom is -0.491 e. The van der Waals surface area contributed by atoms with Crippen molar-refractivity contribution in [3.8, 4) is 17.1 Å². The third-order valence-corrected chi connectivity index (χ3v) is 5.55. The molecule has 1 N–H and O–H groups in total. The number of rotatable bonds is 10. The molecule has 6 heteroatoms. The summed E-state index contributed by atoms with van der Waals surface area (Å²) in [6.07, 6.45) is 1.21. The molecule has 1 atom stereocenters. The van der Waals surface area contributed by atoms with Gasteiger partial charge in [-0.05, 0) is 17.5 Å². The van der Waals surface area contributed by atoms with Crippen molar-refractivity contribution < 1.29 is 9.84 Å². The van der Waals surface area contributed by atoms with Crippen molar-refractivity contribution >= 4 is 11.8 Å². The molecule has 1 unspecified atom stereocenters. The molecule has 0 radical (unpaired) electrons. The molecule has 1 heterocycles. The lowest BCUT2D eigenvalue weighted by Crippen LogP contribution is -2.21. The van der Waals surface area contributed by atoms with Gasteiger partial charge in [-0.15, -0.1) is 16.8 Å². The Hall–Kier alpha value is -2.57. The predicted molar refractivity (Wildman–Crippen MR) is 118 cm³/mol. The van der Waals surface area contributed by atoms with Crippen LogP contribution in [-0.4, -0.2) is 38.3 Å². The smallest absolute Gasteiger partial charge is 0.191 e. The summed E-state index contributed by atoms with van der Waals surface area (Å²) in [5, 5.41) is 19.8. The molecule has 3 rings (SSSR count). The molecular formula is C23H27N3O2S. The van der Waals surface area contributed by atoms with E-state index in [1.807, 2.05) is 59.2 Å². The minimum atomic E-state index is -0.616. The van der Waals surface area contributed by atoms with Gasteiger partial charge in [-0.1, -0.05) is 80.2 Å². The summed E-state index contributed by atoms with van der Waals surface area (Å²) >= 11 is 1.47. The van der Waals surface area contributed by atoms with Gasteiger partial charge in [0.2, 0.25) is 0 Å². The van der Waals surface area contributed by atoms with E-state index in [4.69, 9.17) is 4.74 Å². The molecular weight excluding hydrogens is 382 g/mol. The van der Waals surface area contributed by atoms with Gasteiger partial charge in [0.1, 0.15) is 12.4 Å². The highest BCUT2D eigenvalue weighted by atomic mass is 32.2. The first kappa shape index (κ1) is 21.1. The number of hydrogen-bond acceptors (Lipinski definition) is 5. The Morgan fingerprint density at radius 1 is 1.10 bits per heavy atom. The van der Waals surface area contributed by atoms with E-state index in [1.54, 1.807) is 0 Å². The normalized spacial score (nSPS) is 12.1. The van der Waals surface area contributed by atoms with Crippen molar-refractivity contribution in [3.63, 3.8) is 0 Å². The van der Waals surface area contributed by atoms with Gasteiger partial charge in [-0.25, -0.2) is 0 Å². The summed E-state index contributed by atoms with van der Waals surface area (Å²) in [5.41, 5.74) is 2.15. The van der Waals surface area contributed by atoms with Gasteiger partial charge < -0.3 is 9.84 Å². The highest BCUT2D eigenvalue weighted by Gasteiger charge is 2.16. The highest BCUT2D eigenvalue weighted by molar-refractivity contribution is 7.99. The zero-order chi connectivity index (χ0) is 20.6. The molecule has 0 amide bonds. The van der Waals surface area contributed by atoms with Gasteiger partial charge in [0.15, 0.2) is 11.0 Å². The Morgan fingerprint density at radius 2 is 1.83 bits per heavy atom. The Kier molecular flexibility index (Phi) is 7.49. The SMILES string of the molecule is C=CCn1c(SCC(O)COc2ccccc2C(C)C)nnc1-c1ccccc1. The largest absolute Gasteiger partial charge is 0.491 e. The van der Waals surface area contributed by atoms with E-state index < -0.39 is 6.10 Å². The number of aliphatic hydroxyl groups is 1. The number of allylic oxidation sites excluding steroid dienone is 1. The summed E-state index contributed by atoms with van der Waals surface area (Å²) in [6, 6.07) is 17.9. The number of para-hydroxylation sites is 1. The fraction of sp³-hybridized carbons (Fsp3) is 0.304. The molecule has 5 nitrogen and oxygen atoms in total. The molecule has 0 aliphatic carbocycles. The second kappa shape index (κ2) is 10.3. The van der Waals surface area contributed by atoms with E-state index in [0.717, 1.165) is 27.9 Å². The van der Waals surface area contributed by atoms with Crippen LogP contribution in [-0.2, 0) is 6.54 Å². The number of hydrogen-bond donors (Lipinski definition) is 1. The van der Waals surface area contributed by atoms with E-state index in [0.29, 0.717) is 18.2 Å². The average molecular weight is 410 g/mol. The highest BCUT2D eigenvalue weighted by Crippen LogP contribution is 2.27. The quantitative estimate of drug-likeness (QED) is 0.385. The Bertz CT molecular complexity index is 925. The van der Waals surface area contributed by atoms with Gasteiger partial charge in [0.25, 0.3) is 0 Å². The fourth-order valence-corrected chi connectivity index (χ4v) is 3.84. The first-order valence-corrected chi connectivity index (χ1v) is 10.7. The van der Waals surface area contributed by atoms with Crippen molar-refractivity contribution in [1.29, 1.82) is 0 Å². The number of ether oxygens (including phenoxy) is 1. The van der Waals surface area contributed by atoms with Gasteiger partial charge in [0, 0.05) is 17.9 Å². The molecule has 0 aliphatic rings. The minimum absolute atomic E-state index is 0.234. The van der Waals surface area contributed by atoms with E-state index >= 15 is 0 Å². The molecule has 0 spiro atoms. The van der Waals surface area contributed by atoms with Crippen LogP contribution in [0.5, 0.6) is 5.75 Å². The van der Waals surface area contributed by atoms with Crippen LogP contribution in [0.1, 0.15) is 25.3 Å². The average Bonchev–Trinajstić information content (AvgIpc) is 3.14. The topological polar surface area (TPSA) is 60.2 Å². The van der Waals surface area contributed by atoms with E-state index in [1.165, 1.54) is 11.8 Å². The number of benzene rings is 2. The molecule has 3 aromatic rings. The van der Waals surface area contributed by atoms with Crippen LogP contribution in [0.25, 0.3) is 11.4 Å². The van der Waals surface area contributed by atoms with E-state index in [-0.39, 0.29) is 6.61 Å². The number of nitrogens with zero attached hydrogens (tertiary/aromatic N) is 3. The van der Waals surface area contributed by atoms with Crippen LogP contribution in [0.4, 0.5) is 0 Å². The van der Waals surface area contributed by atoms with E-state index in [9.17, 15) is 5.11 Å². The maximum atomic E-state index is 10.4. The summed E-state index contributed by atoms with van der Waals surface area (Å²) in [5.74, 6) is 2.46. The standard InChI is InChI=1S/C23H27N3O2S/c1-4-14-26-22(18-10-6-5-7-11-18)24-25-23(26)29-16-19(27)15-28-21-13-9-8-12-20(21)17(2)3/h4-13,17,19,27H,1,14-16H2,2-3H3. The monoisotopic (exact) mass is 409 g/mol. The lowest BCUT2D eigenvalue weighted by atomic mass is 10.0. The molecule has 152 valence electrons. The summed E-state index contributed by atoms with van der Waals surface area (Å²) in [4.78, 5) is 0. The Balaban J connectivity index is 1.63. The zero-order valence-corrected chi connectivity index (χ0v) is 17.7. The zero-order valence-electron chi connectivity index (χ0n) is 16.9. The van der Waals surface area contributed by atoms with Crippen molar-refractivity contribution in [2.45, 2.75) is 37.6 Å². The second-order valence-corrected chi connectivity index (χ2v) is 8.03. The molecule has 29 heavy (non-hydrogen) atoms. The lowest BCUT2D eigenvalue weighted by Gasteiger charge is -2.16. The van der Waals surface area contributed by atoms with Crippen molar-refractivity contribution in [1.82, 2.24) is 14.8 Å². The molecule has 0 saturated carbocycles. The van der Waals surface area contributed by atoms with Gasteiger partial charge in [0.05, 0.1) is 6.10 Å². The van der Waals surface area contributed by atoms with Gasteiger partial charge in [-0.2, -0.15) is 0 Å². The molecule has 0 aliphatic heterocycles. The Morgan fingerprint density at radius 3 is 2.55 bits per heavy atom. The number of thioether (sulfide) groups is 1. The maximum Gasteiger partial charge on any atom is 0.191 e. The first-order valence-electron chi connectivity index (χ1n) is 9.72. The van der Waals surface area contributed by atoms with Crippen LogP contribution < -0.4 is 4.74 Å². The third-order valence-electron chi connectivity index (χ3n) is 4.44. The molecule has 1 aromatic heterocycles. The number of aromatic nitrogens is 3. The van der Waals surface area contributed by atoms with Crippen molar-refractivity contribution in [2.24, 2.45) is 0 Å². The van der Waals surface area contributed by atoms with Crippen molar-refractivity contribution in [3.05, 3.63) is 72.8 Å². The first-order chi connectivity index (χ1) is 14.1. The van der Waals surface area contributed by atoms with Crippen LogP contribution in [0.2, 0.25) is 0 Å². The van der Waals surface area contributed by atoms with Gasteiger partial charge in [-0.3, -0.25) is 4.57 Å². The molecule has 0 bridgehead atoms.